The van der Waals surface area contributed by atoms with E-state index < -0.39 is 0 Å². The van der Waals surface area contributed by atoms with Crippen LogP contribution in [0.25, 0.3) is 0 Å². The molecule has 24 heavy (non-hydrogen) atoms. The topological polar surface area (TPSA) is 84.3 Å². The molecule has 0 saturated heterocycles. The number of nitrogens with one attached hydrogen (secondary N) is 1. The van der Waals surface area contributed by atoms with Gasteiger partial charge >= 0.3 is 0 Å². The van der Waals surface area contributed by atoms with E-state index in [4.69, 9.17) is 0 Å². The van der Waals surface area contributed by atoms with E-state index in [-0.39, 0.29) is 17.7 Å². The van der Waals surface area contributed by atoms with Crippen molar-refractivity contribution >= 4 is 17.7 Å². The van der Waals surface area contributed by atoms with Crippen LogP contribution in [0.5, 0.6) is 0 Å². The number of amides is 3. The highest BCUT2D eigenvalue weighted by Crippen LogP contribution is 2.23. The SMILES string of the molecule is CCN1C(=O)c2ccc(C(=O)NCCCn3ccnc3)cc2C1=O. The van der Waals surface area contributed by atoms with Crippen LogP contribution >= 0.6 is 0 Å². The van der Waals surface area contributed by atoms with Gasteiger partial charge in [0, 0.05) is 37.6 Å². The third-order valence-electron chi connectivity index (χ3n) is 3.99. The lowest BCUT2D eigenvalue weighted by molar-refractivity contribution is 0.0662. The number of carbonyl (C=O) groups is 3. The van der Waals surface area contributed by atoms with Crippen molar-refractivity contribution in [2.75, 3.05) is 13.1 Å². The van der Waals surface area contributed by atoms with Crippen molar-refractivity contribution in [1.29, 1.82) is 0 Å². The zero-order valence-corrected chi connectivity index (χ0v) is 13.4. The predicted molar refractivity (Wildman–Crippen MR) is 86.7 cm³/mol. The van der Waals surface area contributed by atoms with E-state index in [1.54, 1.807) is 31.6 Å². The van der Waals surface area contributed by atoms with Crippen molar-refractivity contribution in [3.8, 4) is 0 Å². The van der Waals surface area contributed by atoms with Crippen LogP contribution in [-0.4, -0.2) is 45.3 Å². The van der Waals surface area contributed by atoms with E-state index in [9.17, 15) is 14.4 Å². The van der Waals surface area contributed by atoms with Crippen LogP contribution in [0, 0.1) is 0 Å². The molecule has 0 fully saturated rings. The second-order valence-electron chi connectivity index (χ2n) is 5.52. The standard InChI is InChI=1S/C17H18N4O3/c1-2-21-16(23)13-5-4-12(10-14(13)17(21)24)15(22)19-6-3-8-20-9-7-18-11-20/h4-5,7,9-11H,2-3,6,8H2,1H3,(H,19,22). The summed E-state index contributed by atoms with van der Waals surface area (Å²) in [6.07, 6.45) is 6.07. The Morgan fingerprint density at radius 2 is 2.00 bits per heavy atom. The lowest BCUT2D eigenvalue weighted by Crippen LogP contribution is -2.29. The molecule has 1 aromatic carbocycles. The van der Waals surface area contributed by atoms with E-state index in [1.165, 1.54) is 11.0 Å². The molecule has 1 aliphatic rings. The molecule has 0 bridgehead atoms. The van der Waals surface area contributed by atoms with Crippen molar-refractivity contribution in [1.82, 2.24) is 19.8 Å². The Hall–Kier alpha value is -2.96. The highest BCUT2D eigenvalue weighted by atomic mass is 16.2. The number of hydrogen-bond acceptors (Lipinski definition) is 4. The molecule has 0 unspecified atom stereocenters. The van der Waals surface area contributed by atoms with Crippen molar-refractivity contribution in [3.63, 3.8) is 0 Å². The number of aryl methyl sites for hydroxylation is 1. The van der Waals surface area contributed by atoms with Crippen molar-refractivity contribution in [2.45, 2.75) is 19.9 Å². The van der Waals surface area contributed by atoms with Gasteiger partial charge in [0.15, 0.2) is 0 Å². The molecule has 1 aromatic heterocycles. The summed E-state index contributed by atoms with van der Waals surface area (Å²) >= 11 is 0. The monoisotopic (exact) mass is 326 g/mol. The summed E-state index contributed by atoms with van der Waals surface area (Å²) in [5, 5.41) is 2.82. The zero-order chi connectivity index (χ0) is 17.1. The first-order valence-corrected chi connectivity index (χ1v) is 7.86. The number of hydrogen-bond donors (Lipinski definition) is 1. The summed E-state index contributed by atoms with van der Waals surface area (Å²) < 4.78 is 1.94. The third-order valence-corrected chi connectivity index (χ3v) is 3.99. The van der Waals surface area contributed by atoms with Gasteiger partial charge in [-0.05, 0) is 31.5 Å². The van der Waals surface area contributed by atoms with Crippen molar-refractivity contribution in [3.05, 3.63) is 53.6 Å². The maximum Gasteiger partial charge on any atom is 0.261 e. The van der Waals surface area contributed by atoms with Gasteiger partial charge in [-0.2, -0.15) is 0 Å². The molecule has 0 radical (unpaired) electrons. The van der Waals surface area contributed by atoms with E-state index in [1.807, 2.05) is 10.8 Å². The van der Waals surface area contributed by atoms with E-state index in [0.717, 1.165) is 13.0 Å². The number of carbonyl (C=O) groups excluding carboxylic acids is 3. The number of rotatable bonds is 6. The second kappa shape index (κ2) is 6.66. The number of nitrogens with zero attached hydrogens (tertiary/aromatic N) is 3. The Morgan fingerprint density at radius 1 is 1.21 bits per heavy atom. The third kappa shape index (κ3) is 2.92. The smallest absolute Gasteiger partial charge is 0.261 e. The van der Waals surface area contributed by atoms with Gasteiger partial charge in [0.05, 0.1) is 17.5 Å². The van der Waals surface area contributed by atoms with E-state index in [2.05, 4.69) is 10.3 Å². The summed E-state index contributed by atoms with van der Waals surface area (Å²) in [6, 6.07) is 4.62. The van der Waals surface area contributed by atoms with Gasteiger partial charge in [0.2, 0.25) is 0 Å². The van der Waals surface area contributed by atoms with Crippen LogP contribution in [-0.2, 0) is 6.54 Å². The maximum atomic E-state index is 12.2. The molecule has 0 aliphatic carbocycles. The molecule has 7 heteroatoms. The molecule has 3 rings (SSSR count). The molecule has 0 atom stereocenters. The number of benzene rings is 1. The van der Waals surface area contributed by atoms with Crippen LogP contribution in [0.3, 0.4) is 0 Å². The van der Waals surface area contributed by atoms with Gasteiger partial charge in [-0.3, -0.25) is 19.3 Å². The van der Waals surface area contributed by atoms with Gasteiger partial charge in [-0.1, -0.05) is 0 Å². The molecule has 124 valence electrons. The Kier molecular flexibility index (Phi) is 4.41. The van der Waals surface area contributed by atoms with Crippen molar-refractivity contribution < 1.29 is 14.4 Å². The Balaban J connectivity index is 1.61. The second-order valence-corrected chi connectivity index (χ2v) is 5.52. The highest BCUT2D eigenvalue weighted by molar-refractivity contribution is 6.22. The fourth-order valence-electron chi connectivity index (χ4n) is 2.70. The summed E-state index contributed by atoms with van der Waals surface area (Å²) in [4.78, 5) is 41.5. The first-order chi connectivity index (χ1) is 11.6. The van der Waals surface area contributed by atoms with Gasteiger partial charge in [-0.15, -0.1) is 0 Å². The Labute approximate surface area is 139 Å². The fraction of sp³-hybridized carbons (Fsp3) is 0.294. The quantitative estimate of drug-likeness (QED) is 0.641. The summed E-state index contributed by atoms with van der Waals surface area (Å²) in [6.45, 7) is 3.35. The summed E-state index contributed by atoms with van der Waals surface area (Å²) in [7, 11) is 0. The molecule has 0 saturated carbocycles. The molecule has 3 amide bonds. The summed E-state index contributed by atoms with van der Waals surface area (Å²) in [5.74, 6) is -0.893. The number of fused-ring (bicyclic) bond motifs is 1. The molecule has 2 heterocycles. The number of aromatic nitrogens is 2. The van der Waals surface area contributed by atoms with Crippen LogP contribution < -0.4 is 5.32 Å². The molecule has 1 N–H and O–H groups in total. The predicted octanol–water partition coefficient (Wildman–Crippen LogP) is 1.32. The van der Waals surface area contributed by atoms with Gasteiger partial charge in [0.1, 0.15) is 0 Å². The molecular formula is C17H18N4O3. The summed E-state index contributed by atoms with van der Waals surface area (Å²) in [5.41, 5.74) is 1.04. The lowest BCUT2D eigenvalue weighted by Gasteiger charge is -2.08. The van der Waals surface area contributed by atoms with E-state index >= 15 is 0 Å². The fourth-order valence-corrected chi connectivity index (χ4v) is 2.70. The van der Waals surface area contributed by atoms with E-state index in [0.29, 0.717) is 29.8 Å². The van der Waals surface area contributed by atoms with Crippen LogP contribution in [0.15, 0.2) is 36.9 Å². The normalized spacial score (nSPS) is 13.3. The molecule has 2 aromatic rings. The maximum absolute atomic E-state index is 12.2. The van der Waals surface area contributed by atoms with Crippen LogP contribution in [0.4, 0.5) is 0 Å². The Morgan fingerprint density at radius 3 is 2.71 bits per heavy atom. The van der Waals surface area contributed by atoms with Crippen LogP contribution in [0.2, 0.25) is 0 Å². The number of imide groups is 1. The average molecular weight is 326 g/mol. The lowest BCUT2D eigenvalue weighted by atomic mass is 10.1. The largest absolute Gasteiger partial charge is 0.352 e. The molecular weight excluding hydrogens is 308 g/mol. The first-order valence-electron chi connectivity index (χ1n) is 7.86. The van der Waals surface area contributed by atoms with Gasteiger partial charge in [-0.25, -0.2) is 4.98 Å². The van der Waals surface area contributed by atoms with Crippen molar-refractivity contribution in [2.24, 2.45) is 0 Å². The minimum atomic E-state index is -0.341. The molecule has 0 spiro atoms. The molecule has 1 aliphatic heterocycles. The zero-order valence-electron chi connectivity index (χ0n) is 13.4. The Bertz CT molecular complexity index is 783. The van der Waals surface area contributed by atoms with Gasteiger partial charge in [0.25, 0.3) is 17.7 Å². The highest BCUT2D eigenvalue weighted by Gasteiger charge is 2.34. The minimum absolute atomic E-state index is 0.251. The first kappa shape index (κ1) is 15.9. The average Bonchev–Trinajstić information content (AvgIpc) is 3.19. The van der Waals surface area contributed by atoms with Gasteiger partial charge < -0.3 is 9.88 Å². The minimum Gasteiger partial charge on any atom is -0.352 e. The number of imidazole rings is 1. The van der Waals surface area contributed by atoms with Crippen LogP contribution in [0.1, 0.15) is 44.4 Å². The molecule has 7 nitrogen and oxygen atoms in total.